The third-order valence-electron chi connectivity index (χ3n) is 7.65. The second kappa shape index (κ2) is 10.7. The van der Waals surface area contributed by atoms with Crippen LogP contribution in [0.4, 0.5) is 0 Å². The van der Waals surface area contributed by atoms with Crippen LogP contribution in [0, 0.1) is 5.92 Å². The first-order chi connectivity index (χ1) is 16.2. The largest absolute Gasteiger partial charge is 0.376 e. The van der Waals surface area contributed by atoms with E-state index in [-0.39, 0.29) is 12.0 Å². The van der Waals surface area contributed by atoms with Crippen molar-refractivity contribution in [1.82, 2.24) is 9.80 Å². The Morgan fingerprint density at radius 2 is 1.64 bits per heavy atom. The van der Waals surface area contributed by atoms with E-state index in [1.165, 1.54) is 36.8 Å². The zero-order chi connectivity index (χ0) is 22.5. The van der Waals surface area contributed by atoms with Crippen LogP contribution in [0.3, 0.4) is 0 Å². The number of carbonyl (C=O) groups is 1. The van der Waals surface area contributed by atoms with E-state index in [9.17, 15) is 4.79 Å². The van der Waals surface area contributed by atoms with Crippen molar-refractivity contribution in [2.45, 2.75) is 50.7 Å². The number of fused-ring (bicyclic) bond motifs is 1. The molecule has 4 nitrogen and oxygen atoms in total. The topological polar surface area (TPSA) is 32.8 Å². The smallest absolute Gasteiger partial charge is 0.246 e. The van der Waals surface area contributed by atoms with Crippen LogP contribution in [0.5, 0.6) is 0 Å². The van der Waals surface area contributed by atoms with Gasteiger partial charge in [-0.3, -0.25) is 9.69 Å². The molecule has 2 aromatic rings. The number of hydrogen-bond acceptors (Lipinski definition) is 3. The molecule has 2 saturated heterocycles. The zero-order valence-electron chi connectivity index (χ0n) is 19.6. The monoisotopic (exact) mass is 444 g/mol. The van der Waals surface area contributed by atoms with Crippen LogP contribution in [0.15, 0.2) is 60.7 Å². The van der Waals surface area contributed by atoms with Crippen LogP contribution in [0.2, 0.25) is 0 Å². The molecule has 0 spiro atoms. The van der Waals surface area contributed by atoms with Crippen LogP contribution in [-0.2, 0) is 22.4 Å². The quantitative estimate of drug-likeness (QED) is 0.586. The Morgan fingerprint density at radius 1 is 0.939 bits per heavy atom. The second-order valence-electron chi connectivity index (χ2n) is 9.93. The Hall–Kier alpha value is -2.43. The van der Waals surface area contributed by atoms with Gasteiger partial charge in [-0.1, -0.05) is 54.6 Å². The summed E-state index contributed by atoms with van der Waals surface area (Å²) in [4.78, 5) is 17.9. The molecule has 5 rings (SSSR count). The highest BCUT2D eigenvalue weighted by atomic mass is 16.5. The van der Waals surface area contributed by atoms with Gasteiger partial charge in [0.2, 0.25) is 5.91 Å². The summed E-state index contributed by atoms with van der Waals surface area (Å²) in [5.74, 6) is 0.684. The van der Waals surface area contributed by atoms with E-state index in [0.717, 1.165) is 51.2 Å². The Labute approximate surface area is 198 Å². The van der Waals surface area contributed by atoms with Crippen molar-refractivity contribution in [1.29, 1.82) is 0 Å². The van der Waals surface area contributed by atoms with E-state index >= 15 is 0 Å². The van der Waals surface area contributed by atoms with E-state index in [4.69, 9.17) is 4.74 Å². The molecule has 0 aromatic heterocycles. The van der Waals surface area contributed by atoms with Crippen LogP contribution in [0.25, 0.3) is 6.08 Å². The molecule has 174 valence electrons. The molecule has 1 aliphatic carbocycles. The molecular weight excluding hydrogens is 408 g/mol. The normalized spacial score (nSPS) is 22.1. The van der Waals surface area contributed by atoms with E-state index in [2.05, 4.69) is 34.1 Å². The van der Waals surface area contributed by atoms with Crippen LogP contribution >= 0.6 is 0 Å². The Morgan fingerprint density at radius 3 is 2.30 bits per heavy atom. The predicted molar refractivity (Wildman–Crippen MR) is 133 cm³/mol. The minimum absolute atomic E-state index is 0.114. The van der Waals surface area contributed by atoms with Crippen LogP contribution in [-0.4, -0.2) is 60.6 Å². The molecule has 0 N–H and O–H groups in total. The highest BCUT2D eigenvalue weighted by Crippen LogP contribution is 2.29. The minimum atomic E-state index is 0.114. The molecule has 2 fully saturated rings. The molecule has 0 radical (unpaired) electrons. The molecule has 0 unspecified atom stereocenters. The third kappa shape index (κ3) is 5.74. The average Bonchev–Trinajstić information content (AvgIpc) is 3.53. The lowest BCUT2D eigenvalue weighted by Crippen LogP contribution is -2.46. The standard InChI is InChI=1S/C29H36N2O2/c32-29(13-12-23-7-2-1-3-8-23)31(22-28-11-6-18-33-28)21-24-14-16-30(17-15-24)27-19-25-9-4-5-10-26(25)20-27/h1-5,7-10,12-13,24,27-28H,6,11,14-22H2/b13-12+/t28-/m0/s1. The van der Waals surface area contributed by atoms with Gasteiger partial charge >= 0.3 is 0 Å². The van der Waals surface area contributed by atoms with Gasteiger partial charge in [0.05, 0.1) is 6.10 Å². The number of rotatable bonds is 7. The average molecular weight is 445 g/mol. The SMILES string of the molecule is O=C(/C=C/c1ccccc1)N(CC1CCN(C2Cc3ccccc3C2)CC1)C[C@@H]1CCCO1. The first-order valence-electron chi connectivity index (χ1n) is 12.7. The summed E-state index contributed by atoms with van der Waals surface area (Å²) in [6.45, 7) is 4.68. The molecule has 2 aliphatic heterocycles. The maximum absolute atomic E-state index is 13.2. The van der Waals surface area contributed by atoms with Gasteiger partial charge in [-0.15, -0.1) is 0 Å². The van der Waals surface area contributed by atoms with Gasteiger partial charge in [0.15, 0.2) is 0 Å². The molecule has 2 heterocycles. The molecule has 3 aliphatic rings. The first-order valence-corrected chi connectivity index (χ1v) is 12.7. The number of hydrogen-bond donors (Lipinski definition) is 0. The molecule has 0 saturated carbocycles. The summed E-state index contributed by atoms with van der Waals surface area (Å²) in [6.07, 6.45) is 10.8. The van der Waals surface area contributed by atoms with Crippen molar-refractivity contribution in [3.05, 3.63) is 77.4 Å². The van der Waals surface area contributed by atoms with Crippen molar-refractivity contribution in [3.8, 4) is 0 Å². The molecule has 1 atom stereocenters. The maximum Gasteiger partial charge on any atom is 0.246 e. The van der Waals surface area contributed by atoms with Crippen molar-refractivity contribution in [2.75, 3.05) is 32.8 Å². The van der Waals surface area contributed by atoms with E-state index in [1.54, 1.807) is 6.08 Å². The zero-order valence-corrected chi connectivity index (χ0v) is 19.6. The Kier molecular flexibility index (Phi) is 7.23. The Balaban J connectivity index is 1.17. The van der Waals surface area contributed by atoms with E-state index in [0.29, 0.717) is 12.0 Å². The lowest BCUT2D eigenvalue weighted by molar-refractivity contribution is -0.128. The number of ether oxygens (including phenoxy) is 1. The van der Waals surface area contributed by atoms with E-state index < -0.39 is 0 Å². The molecule has 1 amide bonds. The van der Waals surface area contributed by atoms with Crippen LogP contribution in [0.1, 0.15) is 42.4 Å². The number of likely N-dealkylation sites (tertiary alicyclic amines) is 1. The lowest BCUT2D eigenvalue weighted by atomic mass is 9.94. The Bertz CT molecular complexity index is 918. The predicted octanol–water partition coefficient (Wildman–Crippen LogP) is 4.59. The molecule has 2 aromatic carbocycles. The molecular formula is C29H36N2O2. The molecule has 4 heteroatoms. The summed E-state index contributed by atoms with van der Waals surface area (Å²) in [7, 11) is 0. The van der Waals surface area contributed by atoms with Crippen molar-refractivity contribution in [3.63, 3.8) is 0 Å². The van der Waals surface area contributed by atoms with Gasteiger partial charge in [0, 0.05) is 31.8 Å². The fourth-order valence-electron chi connectivity index (χ4n) is 5.73. The van der Waals surface area contributed by atoms with Crippen molar-refractivity contribution >= 4 is 12.0 Å². The number of amides is 1. The number of nitrogens with zero attached hydrogens (tertiary/aromatic N) is 2. The lowest BCUT2D eigenvalue weighted by Gasteiger charge is -2.38. The molecule has 33 heavy (non-hydrogen) atoms. The first kappa shape index (κ1) is 22.4. The van der Waals surface area contributed by atoms with Gasteiger partial charge in [-0.25, -0.2) is 0 Å². The fourth-order valence-corrected chi connectivity index (χ4v) is 5.73. The third-order valence-corrected chi connectivity index (χ3v) is 7.65. The summed E-state index contributed by atoms with van der Waals surface area (Å²) in [5.41, 5.74) is 4.13. The van der Waals surface area contributed by atoms with Gasteiger partial charge in [0.1, 0.15) is 0 Å². The highest BCUT2D eigenvalue weighted by Gasteiger charge is 2.31. The van der Waals surface area contributed by atoms with Crippen molar-refractivity contribution < 1.29 is 9.53 Å². The molecule has 0 bridgehead atoms. The second-order valence-corrected chi connectivity index (χ2v) is 9.93. The summed E-state index contributed by atoms with van der Waals surface area (Å²) in [6, 6.07) is 19.6. The van der Waals surface area contributed by atoms with Gasteiger partial charge in [-0.2, -0.15) is 0 Å². The summed E-state index contributed by atoms with van der Waals surface area (Å²) < 4.78 is 5.87. The maximum atomic E-state index is 13.2. The van der Waals surface area contributed by atoms with Crippen molar-refractivity contribution in [2.24, 2.45) is 5.92 Å². The highest BCUT2D eigenvalue weighted by molar-refractivity contribution is 5.91. The number of carbonyl (C=O) groups excluding carboxylic acids is 1. The number of benzene rings is 2. The summed E-state index contributed by atoms with van der Waals surface area (Å²) >= 11 is 0. The number of piperidine rings is 1. The summed E-state index contributed by atoms with van der Waals surface area (Å²) in [5, 5.41) is 0. The van der Waals surface area contributed by atoms with Gasteiger partial charge in [-0.05, 0) is 80.3 Å². The van der Waals surface area contributed by atoms with Crippen LogP contribution < -0.4 is 0 Å². The van der Waals surface area contributed by atoms with E-state index in [1.807, 2.05) is 36.4 Å². The minimum Gasteiger partial charge on any atom is -0.376 e. The fraction of sp³-hybridized carbons (Fsp3) is 0.483. The van der Waals surface area contributed by atoms with Gasteiger partial charge < -0.3 is 9.64 Å². The van der Waals surface area contributed by atoms with Gasteiger partial charge in [0.25, 0.3) is 0 Å².